The summed E-state index contributed by atoms with van der Waals surface area (Å²) >= 11 is 0. The fraction of sp³-hybridized carbons (Fsp3) is 0.375. The summed E-state index contributed by atoms with van der Waals surface area (Å²) in [7, 11) is 0. The zero-order valence-electron chi connectivity index (χ0n) is 13.8. The molecule has 2 fully saturated rings. The number of carbonyl (C=O) groups is 1. The molecule has 1 N–H and O–H groups in total. The average molecular weight is 338 g/mol. The summed E-state index contributed by atoms with van der Waals surface area (Å²) in [5.74, 6) is 0.950. The Balaban J connectivity index is 1.33. The highest BCUT2D eigenvalue weighted by Gasteiger charge is 2.32. The van der Waals surface area contributed by atoms with Crippen molar-refractivity contribution < 1.29 is 4.79 Å². The van der Waals surface area contributed by atoms with Crippen molar-refractivity contribution in [1.29, 1.82) is 0 Å². The van der Waals surface area contributed by atoms with Gasteiger partial charge < -0.3 is 10.2 Å². The van der Waals surface area contributed by atoms with Gasteiger partial charge in [0.05, 0.1) is 23.6 Å². The molecule has 0 atom stereocenters. The highest BCUT2D eigenvalue weighted by atomic mass is 16.2. The van der Waals surface area contributed by atoms with Crippen LogP contribution in [0.5, 0.6) is 0 Å². The van der Waals surface area contributed by atoms with Crippen LogP contribution < -0.4 is 15.1 Å². The monoisotopic (exact) mass is 338 g/mol. The first-order valence-corrected chi connectivity index (χ1v) is 8.34. The second-order valence-corrected chi connectivity index (χ2v) is 6.49. The third-order valence-electron chi connectivity index (χ3n) is 4.78. The Labute approximate surface area is 143 Å². The maximum atomic E-state index is 11.8. The lowest BCUT2D eigenvalue weighted by Crippen LogP contribution is -2.48. The molecule has 2 amide bonds. The Morgan fingerprint density at radius 1 is 1.32 bits per heavy atom. The maximum absolute atomic E-state index is 11.8. The summed E-state index contributed by atoms with van der Waals surface area (Å²) in [6.07, 6.45) is 7.35. The predicted molar refractivity (Wildman–Crippen MR) is 91.9 cm³/mol. The lowest BCUT2D eigenvalue weighted by molar-refractivity contribution is 0.252. The van der Waals surface area contributed by atoms with Gasteiger partial charge in [-0.2, -0.15) is 10.2 Å². The van der Waals surface area contributed by atoms with Crippen molar-refractivity contribution in [1.82, 2.24) is 29.7 Å². The third-order valence-corrected chi connectivity index (χ3v) is 4.78. The largest absolute Gasteiger partial charge is 0.350 e. The number of fused-ring (bicyclic) bond motifs is 1. The number of nitrogens with one attached hydrogen (secondary N) is 1. The highest BCUT2D eigenvalue weighted by molar-refractivity contribution is 5.93. The predicted octanol–water partition coefficient (Wildman–Crippen LogP) is 0.825. The second kappa shape index (κ2) is 5.20. The molecule has 0 bridgehead atoms. The van der Waals surface area contributed by atoms with Gasteiger partial charge in [0, 0.05) is 44.8 Å². The Morgan fingerprint density at radius 2 is 2.20 bits per heavy atom. The molecule has 9 nitrogen and oxygen atoms in total. The molecular weight excluding hydrogens is 320 g/mol. The topological polar surface area (TPSA) is 83.6 Å². The zero-order chi connectivity index (χ0) is 17.0. The molecule has 5 rings (SSSR count). The SMILES string of the molecule is Cc1cc2c(N3CC(n4cc(N5CCNC5=O)cn4)C3)nccn2n1. The van der Waals surface area contributed by atoms with Gasteiger partial charge in [0.25, 0.3) is 0 Å². The van der Waals surface area contributed by atoms with E-state index < -0.39 is 0 Å². The molecular formula is C16H18N8O. The van der Waals surface area contributed by atoms with Crippen molar-refractivity contribution in [3.63, 3.8) is 0 Å². The Bertz CT molecular complexity index is 954. The number of aryl methyl sites for hydroxylation is 1. The van der Waals surface area contributed by atoms with Crippen LogP contribution in [0, 0.1) is 6.92 Å². The van der Waals surface area contributed by atoms with Gasteiger partial charge in [-0.3, -0.25) is 9.58 Å². The van der Waals surface area contributed by atoms with E-state index in [-0.39, 0.29) is 12.1 Å². The Hall–Kier alpha value is -3.10. The molecule has 3 aromatic rings. The van der Waals surface area contributed by atoms with E-state index in [1.165, 1.54) is 0 Å². The average Bonchev–Trinajstić information content (AvgIpc) is 3.25. The normalized spacial score (nSPS) is 18.0. The molecule has 25 heavy (non-hydrogen) atoms. The van der Waals surface area contributed by atoms with E-state index in [2.05, 4.69) is 25.4 Å². The Kier molecular flexibility index (Phi) is 2.97. The number of aromatic nitrogens is 5. The molecule has 2 saturated heterocycles. The van der Waals surface area contributed by atoms with Crippen LogP contribution in [0.25, 0.3) is 5.52 Å². The molecule has 3 aromatic heterocycles. The second-order valence-electron chi connectivity index (χ2n) is 6.49. The molecule has 128 valence electrons. The van der Waals surface area contributed by atoms with Gasteiger partial charge in [-0.25, -0.2) is 14.3 Å². The van der Waals surface area contributed by atoms with Gasteiger partial charge in [0.2, 0.25) is 0 Å². The van der Waals surface area contributed by atoms with Crippen LogP contribution in [-0.4, -0.2) is 56.6 Å². The number of hydrogen-bond donors (Lipinski definition) is 1. The first-order valence-electron chi connectivity index (χ1n) is 8.34. The molecule has 0 spiro atoms. The van der Waals surface area contributed by atoms with Gasteiger partial charge >= 0.3 is 6.03 Å². The molecule has 0 radical (unpaired) electrons. The highest BCUT2D eigenvalue weighted by Crippen LogP contribution is 2.30. The summed E-state index contributed by atoms with van der Waals surface area (Å²) < 4.78 is 3.81. The number of urea groups is 1. The van der Waals surface area contributed by atoms with Crippen LogP contribution in [0.2, 0.25) is 0 Å². The van der Waals surface area contributed by atoms with E-state index in [1.807, 2.05) is 34.6 Å². The standard InChI is InChI=1S/C16H18N8O/c1-11-6-14-15(17-3-5-23(14)20-11)21-8-13(9-21)24-10-12(7-19-24)22-4-2-18-16(22)25/h3,5-7,10,13H,2,4,8-9H2,1H3,(H,18,25). The maximum Gasteiger partial charge on any atom is 0.322 e. The number of anilines is 2. The first-order chi connectivity index (χ1) is 12.2. The molecule has 9 heteroatoms. The van der Waals surface area contributed by atoms with Gasteiger partial charge in [-0.1, -0.05) is 0 Å². The molecule has 0 saturated carbocycles. The first kappa shape index (κ1) is 14.3. The summed E-state index contributed by atoms with van der Waals surface area (Å²) in [6, 6.07) is 2.28. The van der Waals surface area contributed by atoms with Crippen molar-refractivity contribution in [3.8, 4) is 0 Å². The summed E-state index contributed by atoms with van der Waals surface area (Å²) in [4.78, 5) is 20.2. The number of rotatable bonds is 3. The molecule has 0 aromatic carbocycles. The summed E-state index contributed by atoms with van der Waals surface area (Å²) in [5.41, 5.74) is 2.85. The fourth-order valence-corrected chi connectivity index (χ4v) is 3.45. The van der Waals surface area contributed by atoms with Crippen molar-refractivity contribution in [3.05, 3.63) is 36.5 Å². The summed E-state index contributed by atoms with van der Waals surface area (Å²) in [6.45, 7) is 5.03. The van der Waals surface area contributed by atoms with Crippen molar-refractivity contribution >= 4 is 23.1 Å². The van der Waals surface area contributed by atoms with Gasteiger partial charge in [0.15, 0.2) is 5.82 Å². The van der Waals surface area contributed by atoms with Crippen molar-refractivity contribution in [2.24, 2.45) is 0 Å². The van der Waals surface area contributed by atoms with Crippen LogP contribution in [0.1, 0.15) is 11.7 Å². The minimum Gasteiger partial charge on any atom is -0.350 e. The van der Waals surface area contributed by atoms with Crippen LogP contribution in [0.3, 0.4) is 0 Å². The van der Waals surface area contributed by atoms with E-state index in [4.69, 9.17) is 0 Å². The third kappa shape index (κ3) is 2.23. The Morgan fingerprint density at radius 3 is 3.00 bits per heavy atom. The van der Waals surface area contributed by atoms with Crippen molar-refractivity contribution in [2.75, 3.05) is 36.0 Å². The van der Waals surface area contributed by atoms with Gasteiger partial charge in [0.1, 0.15) is 5.52 Å². The smallest absolute Gasteiger partial charge is 0.322 e. The van der Waals surface area contributed by atoms with E-state index in [9.17, 15) is 4.79 Å². The van der Waals surface area contributed by atoms with E-state index in [0.717, 1.165) is 35.8 Å². The number of hydrogen-bond acceptors (Lipinski definition) is 5. The van der Waals surface area contributed by atoms with E-state index in [0.29, 0.717) is 13.1 Å². The van der Waals surface area contributed by atoms with Crippen LogP contribution in [0.4, 0.5) is 16.3 Å². The molecule has 0 aliphatic carbocycles. The van der Waals surface area contributed by atoms with Crippen LogP contribution in [-0.2, 0) is 0 Å². The lowest BCUT2D eigenvalue weighted by Gasteiger charge is -2.40. The molecule has 2 aliphatic rings. The fourth-order valence-electron chi connectivity index (χ4n) is 3.45. The van der Waals surface area contributed by atoms with Crippen LogP contribution in [0.15, 0.2) is 30.9 Å². The van der Waals surface area contributed by atoms with Gasteiger partial charge in [-0.15, -0.1) is 0 Å². The number of amides is 2. The molecule has 5 heterocycles. The lowest BCUT2D eigenvalue weighted by atomic mass is 10.1. The van der Waals surface area contributed by atoms with E-state index in [1.54, 1.807) is 17.3 Å². The zero-order valence-corrected chi connectivity index (χ0v) is 13.8. The van der Waals surface area contributed by atoms with E-state index >= 15 is 0 Å². The van der Waals surface area contributed by atoms with Crippen LogP contribution >= 0.6 is 0 Å². The quantitative estimate of drug-likeness (QED) is 0.765. The number of nitrogens with zero attached hydrogens (tertiary/aromatic N) is 7. The molecule has 0 unspecified atom stereocenters. The number of carbonyl (C=O) groups excluding carboxylic acids is 1. The summed E-state index contributed by atoms with van der Waals surface area (Å²) in [5, 5.41) is 11.7. The minimum atomic E-state index is -0.0539. The molecule has 2 aliphatic heterocycles. The van der Waals surface area contributed by atoms with Gasteiger partial charge in [-0.05, 0) is 13.0 Å². The minimum absolute atomic E-state index is 0.0539. The van der Waals surface area contributed by atoms with Crippen molar-refractivity contribution in [2.45, 2.75) is 13.0 Å².